The number of rotatable bonds is 6. The highest BCUT2D eigenvalue weighted by molar-refractivity contribution is 5.41. The highest BCUT2D eigenvalue weighted by Crippen LogP contribution is 2.34. The summed E-state index contributed by atoms with van der Waals surface area (Å²) >= 11 is 0. The van der Waals surface area contributed by atoms with E-state index in [1.807, 2.05) is 6.07 Å². The second-order valence-corrected chi connectivity index (χ2v) is 7.09. The number of aryl methyl sites for hydroxylation is 1. The van der Waals surface area contributed by atoms with E-state index in [1.165, 1.54) is 12.1 Å². The largest absolute Gasteiger partial charge is 0.507 e. The van der Waals surface area contributed by atoms with Gasteiger partial charge in [0.25, 0.3) is 5.56 Å². The number of methoxy groups -OCH3 is 1. The molecule has 1 aliphatic rings. The first-order valence-corrected chi connectivity index (χ1v) is 9.44. The van der Waals surface area contributed by atoms with Crippen LogP contribution in [0.25, 0.3) is 0 Å². The molecule has 2 aromatic rings. The smallest absolute Gasteiger partial charge is 0.259 e. The van der Waals surface area contributed by atoms with Gasteiger partial charge in [-0.25, -0.2) is 4.39 Å². The number of nitrogens with zero attached hydrogens (tertiary/aromatic N) is 2. The number of hydrogen-bond acceptors (Lipinski definition) is 4. The zero-order chi connectivity index (χ0) is 19.4. The summed E-state index contributed by atoms with van der Waals surface area (Å²) in [6.07, 6.45) is 3.19. The van der Waals surface area contributed by atoms with E-state index >= 15 is 0 Å². The lowest BCUT2D eigenvalue weighted by molar-refractivity contribution is 0.178. The molecular weight excluding hydrogens is 347 g/mol. The number of benzene rings is 1. The number of pyridine rings is 1. The molecule has 1 aromatic heterocycles. The van der Waals surface area contributed by atoms with Gasteiger partial charge >= 0.3 is 0 Å². The SMILES string of the molecule is COCCn1c(C)cc(O)c(C(c2cccc(F)c2)N2CCCCC2)c1=O. The lowest BCUT2D eigenvalue weighted by Crippen LogP contribution is -2.39. The third-order valence-electron chi connectivity index (χ3n) is 5.24. The Labute approximate surface area is 159 Å². The highest BCUT2D eigenvalue weighted by Gasteiger charge is 2.30. The van der Waals surface area contributed by atoms with Gasteiger partial charge in [-0.15, -0.1) is 0 Å². The van der Waals surface area contributed by atoms with Crippen LogP contribution in [0.15, 0.2) is 35.1 Å². The van der Waals surface area contributed by atoms with Crippen molar-refractivity contribution >= 4 is 0 Å². The maximum Gasteiger partial charge on any atom is 0.259 e. The Hall–Kier alpha value is -2.18. The normalized spacial score (nSPS) is 16.4. The monoisotopic (exact) mass is 374 g/mol. The van der Waals surface area contributed by atoms with Gasteiger partial charge in [0.15, 0.2) is 0 Å². The van der Waals surface area contributed by atoms with Gasteiger partial charge in [0.05, 0.1) is 18.2 Å². The fraction of sp³-hybridized carbons (Fsp3) is 0.476. The van der Waals surface area contributed by atoms with Crippen LogP contribution in [-0.4, -0.2) is 41.4 Å². The Morgan fingerprint density at radius 2 is 1.96 bits per heavy atom. The first-order chi connectivity index (χ1) is 13.0. The molecular formula is C21H27FN2O3. The molecule has 1 atom stereocenters. The summed E-state index contributed by atoms with van der Waals surface area (Å²) < 4.78 is 20.7. The Morgan fingerprint density at radius 3 is 2.63 bits per heavy atom. The minimum atomic E-state index is -0.470. The summed E-state index contributed by atoms with van der Waals surface area (Å²) in [6, 6.07) is 7.46. The first-order valence-electron chi connectivity index (χ1n) is 9.44. The van der Waals surface area contributed by atoms with Gasteiger partial charge in [-0.3, -0.25) is 9.69 Å². The molecule has 0 amide bonds. The van der Waals surface area contributed by atoms with E-state index in [0.29, 0.717) is 30.0 Å². The third-order valence-corrected chi connectivity index (χ3v) is 5.24. The van der Waals surface area contributed by atoms with Crippen molar-refractivity contribution in [1.29, 1.82) is 0 Å². The second kappa shape index (κ2) is 8.67. The molecule has 1 aromatic carbocycles. The van der Waals surface area contributed by atoms with Crippen LogP contribution in [0.4, 0.5) is 4.39 Å². The number of halogens is 1. The molecule has 2 heterocycles. The van der Waals surface area contributed by atoms with Gasteiger partial charge in [0.1, 0.15) is 11.6 Å². The lowest BCUT2D eigenvalue weighted by Gasteiger charge is -2.35. The minimum Gasteiger partial charge on any atom is -0.507 e. The van der Waals surface area contributed by atoms with Gasteiger partial charge in [0, 0.05) is 19.3 Å². The predicted molar refractivity (Wildman–Crippen MR) is 103 cm³/mol. The molecule has 1 N–H and O–H groups in total. The molecule has 0 saturated carbocycles. The van der Waals surface area contributed by atoms with Crippen molar-refractivity contribution < 1.29 is 14.2 Å². The van der Waals surface area contributed by atoms with E-state index in [0.717, 1.165) is 32.4 Å². The Bertz CT molecular complexity index is 844. The van der Waals surface area contributed by atoms with Gasteiger partial charge in [0.2, 0.25) is 0 Å². The van der Waals surface area contributed by atoms with Gasteiger partial charge in [-0.2, -0.15) is 0 Å². The molecule has 27 heavy (non-hydrogen) atoms. The van der Waals surface area contributed by atoms with Crippen molar-refractivity contribution in [2.45, 2.75) is 38.8 Å². The topological polar surface area (TPSA) is 54.7 Å². The van der Waals surface area contributed by atoms with Crippen molar-refractivity contribution in [3.63, 3.8) is 0 Å². The Balaban J connectivity index is 2.15. The van der Waals surface area contributed by atoms with Gasteiger partial charge in [-0.05, 0) is 56.6 Å². The van der Waals surface area contributed by atoms with Crippen molar-refractivity contribution in [3.8, 4) is 5.75 Å². The quantitative estimate of drug-likeness (QED) is 0.844. The van der Waals surface area contributed by atoms with E-state index in [2.05, 4.69) is 4.90 Å². The van der Waals surface area contributed by atoms with E-state index < -0.39 is 6.04 Å². The van der Waals surface area contributed by atoms with Crippen LogP contribution in [0.5, 0.6) is 5.75 Å². The zero-order valence-electron chi connectivity index (χ0n) is 15.9. The summed E-state index contributed by atoms with van der Waals surface area (Å²) in [4.78, 5) is 15.5. The maximum atomic E-state index is 13.9. The summed E-state index contributed by atoms with van der Waals surface area (Å²) in [5.74, 6) is -0.383. The molecule has 5 nitrogen and oxygen atoms in total. The number of likely N-dealkylation sites (tertiary alicyclic amines) is 1. The molecule has 0 aliphatic carbocycles. The molecule has 1 unspecified atom stereocenters. The third kappa shape index (κ3) is 4.22. The van der Waals surface area contributed by atoms with Crippen LogP contribution in [-0.2, 0) is 11.3 Å². The highest BCUT2D eigenvalue weighted by atomic mass is 19.1. The molecule has 0 radical (unpaired) electrons. The summed E-state index contributed by atoms with van der Waals surface area (Å²) in [5.41, 5.74) is 1.43. The van der Waals surface area contributed by atoms with Crippen LogP contribution in [0, 0.1) is 12.7 Å². The summed E-state index contributed by atoms with van der Waals surface area (Å²) in [6.45, 7) is 4.22. The number of piperidine rings is 1. The predicted octanol–water partition coefficient (Wildman–Crippen LogP) is 3.22. The standard InChI is InChI=1S/C21H27FN2O3/c1-15-13-18(25)19(21(26)24(15)11-12-27-2)20(23-9-4-3-5-10-23)16-7-6-8-17(22)14-16/h6-8,13-14,20,25H,3-5,9-12H2,1-2H3. The molecule has 1 fully saturated rings. The van der Waals surface area contributed by atoms with Crippen LogP contribution in [0.2, 0.25) is 0 Å². The molecule has 3 rings (SSSR count). The van der Waals surface area contributed by atoms with E-state index in [4.69, 9.17) is 4.74 Å². The molecule has 1 aliphatic heterocycles. The molecule has 146 valence electrons. The van der Waals surface area contributed by atoms with Crippen LogP contribution < -0.4 is 5.56 Å². The molecule has 1 saturated heterocycles. The van der Waals surface area contributed by atoms with Crippen molar-refractivity contribution in [3.05, 3.63) is 63.3 Å². The van der Waals surface area contributed by atoms with Crippen molar-refractivity contribution in [1.82, 2.24) is 9.47 Å². The fourth-order valence-corrected chi connectivity index (χ4v) is 3.90. The fourth-order valence-electron chi connectivity index (χ4n) is 3.90. The number of aromatic hydroxyl groups is 1. The van der Waals surface area contributed by atoms with Crippen LogP contribution in [0.1, 0.15) is 42.1 Å². The average Bonchev–Trinajstić information content (AvgIpc) is 2.65. The summed E-state index contributed by atoms with van der Waals surface area (Å²) in [5, 5.41) is 10.7. The zero-order valence-corrected chi connectivity index (χ0v) is 15.9. The van der Waals surface area contributed by atoms with Gasteiger partial charge in [-0.1, -0.05) is 18.6 Å². The van der Waals surface area contributed by atoms with Crippen molar-refractivity contribution in [2.75, 3.05) is 26.8 Å². The first kappa shape index (κ1) is 19.6. The van der Waals surface area contributed by atoms with Crippen molar-refractivity contribution in [2.24, 2.45) is 0 Å². The van der Waals surface area contributed by atoms with E-state index in [1.54, 1.807) is 30.7 Å². The number of ether oxygens (including phenoxy) is 1. The van der Waals surface area contributed by atoms with Gasteiger partial charge < -0.3 is 14.4 Å². The minimum absolute atomic E-state index is 0.0361. The second-order valence-electron chi connectivity index (χ2n) is 7.09. The Kier molecular flexibility index (Phi) is 6.29. The molecule has 0 bridgehead atoms. The van der Waals surface area contributed by atoms with Crippen LogP contribution in [0.3, 0.4) is 0 Å². The molecule has 0 spiro atoms. The summed E-state index contributed by atoms with van der Waals surface area (Å²) in [7, 11) is 1.59. The maximum absolute atomic E-state index is 13.9. The molecule has 6 heteroatoms. The van der Waals surface area contributed by atoms with Crippen LogP contribution >= 0.6 is 0 Å². The average molecular weight is 374 g/mol. The number of aromatic nitrogens is 1. The van der Waals surface area contributed by atoms with E-state index in [9.17, 15) is 14.3 Å². The Morgan fingerprint density at radius 1 is 1.22 bits per heavy atom. The lowest BCUT2D eigenvalue weighted by atomic mass is 9.94. The number of hydrogen-bond donors (Lipinski definition) is 1. The van der Waals surface area contributed by atoms with E-state index in [-0.39, 0.29) is 17.1 Å².